The van der Waals surface area contributed by atoms with E-state index in [1.54, 1.807) is 29.2 Å². The Morgan fingerprint density at radius 2 is 1.55 bits per heavy atom. The van der Waals surface area contributed by atoms with E-state index in [2.05, 4.69) is 32.9 Å². The maximum Gasteiger partial charge on any atom is 0.264 e. The summed E-state index contributed by atoms with van der Waals surface area (Å²) in [6.45, 7) is 6.84. The molecule has 0 aliphatic carbocycles. The second-order valence-corrected chi connectivity index (χ2v) is 9.85. The second kappa shape index (κ2) is 8.95. The van der Waals surface area contributed by atoms with Gasteiger partial charge in [0.05, 0.1) is 12.1 Å². The Morgan fingerprint density at radius 3 is 2.21 bits per heavy atom. The number of fused-ring (bicyclic) bond motifs is 1. The van der Waals surface area contributed by atoms with Crippen LogP contribution in [0.25, 0.3) is 0 Å². The Morgan fingerprint density at radius 1 is 0.909 bits per heavy atom. The summed E-state index contributed by atoms with van der Waals surface area (Å²) in [4.78, 5) is 28.1. The fourth-order valence-corrected chi connectivity index (χ4v) is 4.48. The molecule has 170 valence electrons. The lowest BCUT2D eigenvalue weighted by Crippen LogP contribution is -2.42. The number of hydrogen-bond acceptors (Lipinski definition) is 3. The van der Waals surface area contributed by atoms with Gasteiger partial charge in [-0.25, -0.2) is 0 Å². The zero-order chi connectivity index (χ0) is 23.6. The minimum atomic E-state index is -1.84. The van der Waals surface area contributed by atoms with Crippen molar-refractivity contribution in [3.8, 4) is 0 Å². The number of rotatable bonds is 7. The number of aryl methyl sites for hydroxylation is 1. The van der Waals surface area contributed by atoms with E-state index < -0.39 is 11.5 Å². The van der Waals surface area contributed by atoms with Crippen LogP contribution in [0.5, 0.6) is 0 Å². The Labute approximate surface area is 195 Å². The monoisotopic (exact) mass is 441 g/mol. The highest BCUT2D eigenvalue weighted by Gasteiger charge is 2.50. The molecule has 0 saturated heterocycles. The predicted octanol–water partition coefficient (Wildman–Crippen LogP) is 5.42. The molecule has 3 aromatic rings. The van der Waals surface area contributed by atoms with Crippen molar-refractivity contribution in [2.75, 3.05) is 11.4 Å². The summed E-state index contributed by atoms with van der Waals surface area (Å²) in [5.41, 5.74) is 2.18. The number of carbonyl (C=O) groups excluding carboxylic acids is 2. The first-order valence-electron chi connectivity index (χ1n) is 11.5. The van der Waals surface area contributed by atoms with Crippen LogP contribution in [0.4, 0.5) is 5.69 Å². The largest absolute Gasteiger partial charge is 0.375 e. The van der Waals surface area contributed by atoms with Crippen molar-refractivity contribution in [3.05, 3.63) is 101 Å². The van der Waals surface area contributed by atoms with Gasteiger partial charge in [-0.15, -0.1) is 0 Å². The number of nitrogens with zero attached hydrogens (tertiary/aromatic N) is 1. The van der Waals surface area contributed by atoms with E-state index >= 15 is 0 Å². The van der Waals surface area contributed by atoms with Crippen molar-refractivity contribution >= 4 is 17.4 Å². The Hall–Kier alpha value is -3.24. The van der Waals surface area contributed by atoms with Gasteiger partial charge < -0.3 is 10.0 Å². The number of anilines is 1. The zero-order valence-electron chi connectivity index (χ0n) is 19.5. The standard InChI is InChI=1S/C29H31NO3/c1-28(2,3)23-17-15-22(16-18-23)26(31)20-29(33)24-13-7-8-14-25(24)30(27(29)32)19-9-12-21-10-5-4-6-11-21/h4-8,10-11,13-18,33H,9,12,19-20H2,1-3H3/t29-/m0/s1. The van der Waals surface area contributed by atoms with Crippen molar-refractivity contribution in [2.24, 2.45) is 0 Å². The molecule has 1 atom stereocenters. The highest BCUT2D eigenvalue weighted by Crippen LogP contribution is 2.43. The minimum absolute atomic E-state index is 0.0135. The summed E-state index contributed by atoms with van der Waals surface area (Å²) in [6, 6.07) is 24.8. The third-order valence-electron chi connectivity index (χ3n) is 6.42. The number of benzene rings is 3. The molecule has 0 fully saturated rings. The topological polar surface area (TPSA) is 57.6 Å². The van der Waals surface area contributed by atoms with Crippen molar-refractivity contribution in [1.82, 2.24) is 0 Å². The first kappa shape index (κ1) is 22.9. The molecular weight excluding hydrogens is 410 g/mol. The highest BCUT2D eigenvalue weighted by atomic mass is 16.3. The third kappa shape index (κ3) is 4.62. The molecule has 33 heavy (non-hydrogen) atoms. The van der Waals surface area contributed by atoms with Crippen LogP contribution in [0.1, 0.15) is 60.7 Å². The third-order valence-corrected chi connectivity index (χ3v) is 6.42. The predicted molar refractivity (Wildman–Crippen MR) is 132 cm³/mol. The Bertz CT molecular complexity index is 1150. The number of ketones is 1. The van der Waals surface area contributed by atoms with Gasteiger partial charge in [0.1, 0.15) is 0 Å². The average Bonchev–Trinajstić information content (AvgIpc) is 3.01. The van der Waals surface area contributed by atoms with Gasteiger partial charge in [0.2, 0.25) is 0 Å². The molecule has 0 unspecified atom stereocenters. The van der Waals surface area contributed by atoms with E-state index in [1.807, 2.05) is 42.5 Å². The maximum absolute atomic E-state index is 13.4. The number of para-hydroxylation sites is 1. The molecule has 1 aliphatic rings. The second-order valence-electron chi connectivity index (χ2n) is 9.85. The molecular formula is C29H31NO3. The molecule has 0 bridgehead atoms. The summed E-state index contributed by atoms with van der Waals surface area (Å²) in [5, 5.41) is 11.5. The van der Waals surface area contributed by atoms with E-state index in [0.717, 1.165) is 18.4 Å². The molecule has 1 N–H and O–H groups in total. The van der Waals surface area contributed by atoms with Crippen LogP contribution >= 0.6 is 0 Å². The molecule has 1 amide bonds. The van der Waals surface area contributed by atoms with Crippen LogP contribution in [-0.4, -0.2) is 23.3 Å². The number of hydrogen-bond donors (Lipinski definition) is 1. The quantitative estimate of drug-likeness (QED) is 0.498. The first-order valence-corrected chi connectivity index (χ1v) is 11.5. The highest BCUT2D eigenvalue weighted by molar-refractivity contribution is 6.10. The fourth-order valence-electron chi connectivity index (χ4n) is 4.48. The number of carbonyl (C=O) groups is 2. The van der Waals surface area contributed by atoms with Crippen molar-refractivity contribution in [3.63, 3.8) is 0 Å². The molecule has 0 saturated carbocycles. The molecule has 0 radical (unpaired) electrons. The summed E-state index contributed by atoms with van der Waals surface area (Å²) >= 11 is 0. The lowest BCUT2D eigenvalue weighted by molar-refractivity contribution is -0.135. The molecule has 4 heteroatoms. The smallest absolute Gasteiger partial charge is 0.264 e. The number of amides is 1. The van der Waals surface area contributed by atoms with E-state index in [-0.39, 0.29) is 17.6 Å². The van der Waals surface area contributed by atoms with E-state index in [0.29, 0.717) is 23.4 Å². The lowest BCUT2D eigenvalue weighted by atomic mass is 9.85. The minimum Gasteiger partial charge on any atom is -0.375 e. The van der Waals surface area contributed by atoms with E-state index in [9.17, 15) is 14.7 Å². The average molecular weight is 442 g/mol. The van der Waals surface area contributed by atoms with Crippen LogP contribution in [0.15, 0.2) is 78.9 Å². The van der Waals surface area contributed by atoms with Crippen LogP contribution in [0.3, 0.4) is 0 Å². The molecule has 4 rings (SSSR count). The van der Waals surface area contributed by atoms with E-state index in [1.165, 1.54) is 5.56 Å². The first-order chi connectivity index (χ1) is 15.7. The molecule has 3 aromatic carbocycles. The SMILES string of the molecule is CC(C)(C)c1ccc(C(=O)C[C@@]2(O)C(=O)N(CCCc3ccccc3)c3ccccc32)cc1. The van der Waals surface area contributed by atoms with E-state index in [4.69, 9.17) is 0 Å². The van der Waals surface area contributed by atoms with Gasteiger partial charge in [0.15, 0.2) is 11.4 Å². The van der Waals surface area contributed by atoms with Gasteiger partial charge in [0, 0.05) is 17.7 Å². The van der Waals surface area contributed by atoms with Crippen molar-refractivity contribution in [2.45, 2.75) is 51.0 Å². The van der Waals surface area contributed by atoms with Crippen molar-refractivity contribution in [1.29, 1.82) is 0 Å². The molecule has 0 spiro atoms. The number of aliphatic hydroxyl groups is 1. The van der Waals surface area contributed by atoms with Gasteiger partial charge in [-0.1, -0.05) is 93.6 Å². The summed E-state index contributed by atoms with van der Waals surface area (Å²) in [5.74, 6) is -0.663. The van der Waals surface area contributed by atoms with Crippen LogP contribution in [0, 0.1) is 0 Å². The Balaban J connectivity index is 1.52. The van der Waals surface area contributed by atoms with Crippen LogP contribution in [-0.2, 0) is 22.2 Å². The normalized spacial score (nSPS) is 17.8. The lowest BCUT2D eigenvalue weighted by Gasteiger charge is -2.23. The van der Waals surface area contributed by atoms with Gasteiger partial charge in [0.25, 0.3) is 5.91 Å². The summed E-state index contributed by atoms with van der Waals surface area (Å²) in [6.07, 6.45) is 1.33. The molecule has 0 aromatic heterocycles. The van der Waals surface area contributed by atoms with Crippen LogP contribution in [0.2, 0.25) is 0 Å². The maximum atomic E-state index is 13.4. The van der Waals surface area contributed by atoms with Crippen molar-refractivity contribution < 1.29 is 14.7 Å². The van der Waals surface area contributed by atoms with Gasteiger partial charge in [-0.2, -0.15) is 0 Å². The Kier molecular flexibility index (Phi) is 6.22. The fraction of sp³-hybridized carbons (Fsp3) is 0.310. The van der Waals surface area contributed by atoms with Crippen LogP contribution < -0.4 is 4.90 Å². The van der Waals surface area contributed by atoms with Gasteiger partial charge in [-0.3, -0.25) is 9.59 Å². The summed E-state index contributed by atoms with van der Waals surface area (Å²) < 4.78 is 0. The van der Waals surface area contributed by atoms with Gasteiger partial charge in [-0.05, 0) is 35.4 Å². The molecule has 4 nitrogen and oxygen atoms in total. The number of Topliss-reactive ketones (excluding diaryl/α,β-unsaturated/α-hetero) is 1. The molecule has 1 heterocycles. The summed E-state index contributed by atoms with van der Waals surface area (Å²) in [7, 11) is 0. The van der Waals surface area contributed by atoms with Gasteiger partial charge >= 0.3 is 0 Å². The zero-order valence-corrected chi connectivity index (χ0v) is 19.5. The molecule has 1 aliphatic heterocycles.